The molecule has 4 aromatic carbocycles. The molecule has 608 valence electrons. The molecular formula is C82H84N20O16. The summed E-state index contributed by atoms with van der Waals surface area (Å²) in [7, 11) is 0. The Balaban J connectivity index is 0.708. The van der Waals surface area contributed by atoms with Crippen molar-refractivity contribution in [2.24, 2.45) is 0 Å². The van der Waals surface area contributed by atoms with Gasteiger partial charge >= 0.3 is 22.8 Å². The second-order valence-electron chi connectivity index (χ2n) is 33.2. The number of aromatic nitrogens is 20. The van der Waals surface area contributed by atoms with Crippen molar-refractivity contribution in [1.29, 1.82) is 0 Å². The number of hydrogen-bond acceptors (Lipinski definition) is 24. The molecule has 118 heavy (non-hydrogen) atoms. The van der Waals surface area contributed by atoms with Crippen LogP contribution in [-0.2, 0) is 40.6 Å². The number of nitrogens with zero attached hydrogens (tertiary/aromatic N) is 16. The van der Waals surface area contributed by atoms with Crippen LogP contribution in [-0.4, -0.2) is 169 Å². The van der Waals surface area contributed by atoms with E-state index in [1.807, 2.05) is 12.4 Å². The number of aromatic amines is 4. The molecule has 20 rings (SSSR count). The molecule has 0 amide bonds. The molecule has 0 radical (unpaired) electrons. The number of aryl methyl sites for hydroxylation is 4. The highest BCUT2D eigenvalue weighted by molar-refractivity contribution is 5.64. The average molecular weight is 1610 g/mol. The van der Waals surface area contributed by atoms with Gasteiger partial charge in [0.25, 0.3) is 22.2 Å². The van der Waals surface area contributed by atoms with E-state index >= 15 is 0 Å². The summed E-state index contributed by atoms with van der Waals surface area (Å²) in [6.07, 6.45) is 11.9. The Kier molecular flexibility index (Phi) is 18.6. The van der Waals surface area contributed by atoms with Gasteiger partial charge in [0, 0.05) is 95.0 Å². The molecule has 12 atom stereocenters. The monoisotopic (exact) mass is 1600 g/mol. The van der Waals surface area contributed by atoms with Crippen molar-refractivity contribution < 1.29 is 39.4 Å². The van der Waals surface area contributed by atoms with E-state index < -0.39 is 140 Å². The summed E-state index contributed by atoms with van der Waals surface area (Å²) in [5, 5.41) is 79.5. The van der Waals surface area contributed by atoms with Gasteiger partial charge in [-0.05, 0) is 110 Å². The van der Waals surface area contributed by atoms with Gasteiger partial charge in [0.2, 0.25) is 0 Å². The fraction of sp³-hybridized carbons (Fsp3) is 0.415. The van der Waals surface area contributed by atoms with Crippen LogP contribution >= 0.6 is 0 Å². The van der Waals surface area contributed by atoms with Crippen LogP contribution in [0.5, 0.6) is 0 Å². The van der Waals surface area contributed by atoms with Crippen molar-refractivity contribution >= 4 is 0 Å². The van der Waals surface area contributed by atoms with Crippen molar-refractivity contribution in [3.05, 3.63) is 274 Å². The standard InChI is InChI=1S/C82H84N20O16/c1-43-27-95(75(111)85-71(43)107)67-21-57(63(33-103)115-67)99-31-55(89-93-99)47-5-13-51(14-6-47)79-37-80(52-15-7-48(8-16-52)56-32-100(94-90-56)58-22-68(116-64(58)34-104)96-28-44(2)72(108)86-76(96)112)40-81(38-79,53-17-9-49(10-18-53)61-25-83-91-101(61)59-23-69(117-65(59)35-105)97-29-45(3)73(109)87-77(97)113)42-82(39-79,41-80)54-19-11-50(12-20-54)62-26-84-92-102(62)60-24-70(118-66(60)36-106)98-30-46(4)74(110)88-78(98)114/h5-20,25-32,57-60,63-70,103-106H,21-24,33-42H2,1-4H3,(H,85,107,111)(H,86,108,112)(H,87,109,113)(H,88,110,114)/t57-,58-,59-,60-,63-,64-,65-,66-,67-,68-,69-,70-,79?,80?,81?,82?/m1/s1. The van der Waals surface area contributed by atoms with Crippen LogP contribution in [0.2, 0.25) is 0 Å². The van der Waals surface area contributed by atoms with Crippen LogP contribution in [0.3, 0.4) is 0 Å². The third kappa shape index (κ3) is 12.7. The van der Waals surface area contributed by atoms with E-state index in [1.165, 1.54) is 43.1 Å². The summed E-state index contributed by atoms with van der Waals surface area (Å²) in [4.78, 5) is 112. The Morgan fingerprint density at radius 3 is 0.873 bits per heavy atom. The predicted octanol–water partition coefficient (Wildman–Crippen LogP) is 3.87. The first kappa shape index (κ1) is 75.9. The number of aliphatic hydroxyl groups is 4. The minimum Gasteiger partial charge on any atom is -0.394 e. The molecule has 8 fully saturated rings. The molecular weight excluding hydrogens is 1520 g/mol. The summed E-state index contributed by atoms with van der Waals surface area (Å²) in [5.74, 6) is 0. The lowest BCUT2D eigenvalue weighted by Gasteiger charge is -2.71. The highest BCUT2D eigenvalue weighted by Crippen LogP contribution is 2.75. The summed E-state index contributed by atoms with van der Waals surface area (Å²) in [5.41, 5.74) is 4.65. The van der Waals surface area contributed by atoms with Crippen molar-refractivity contribution in [2.75, 3.05) is 26.4 Å². The van der Waals surface area contributed by atoms with Gasteiger partial charge in [-0.1, -0.05) is 118 Å². The number of nitrogens with one attached hydrogen (secondary N) is 4. The third-order valence-corrected chi connectivity index (χ3v) is 26.1. The number of H-pyrrole nitrogens is 4. The molecule has 12 aromatic rings. The van der Waals surface area contributed by atoms with Gasteiger partial charge in [-0.2, -0.15) is 0 Å². The molecule has 4 aliphatic carbocycles. The average Bonchev–Trinajstić information content (AvgIpc) is 0.887. The van der Waals surface area contributed by atoms with Gasteiger partial charge in [0.1, 0.15) is 60.7 Å². The first-order chi connectivity index (χ1) is 56.9. The quantitative estimate of drug-likeness (QED) is 0.0537. The molecule has 8 aliphatic rings. The number of ether oxygens (including phenoxy) is 4. The largest absolute Gasteiger partial charge is 0.394 e. The van der Waals surface area contributed by atoms with E-state index in [9.17, 15) is 58.8 Å². The second kappa shape index (κ2) is 28.9. The Labute approximate surface area is 667 Å². The number of aliphatic hydroxyl groups excluding tert-OH is 4. The van der Waals surface area contributed by atoms with Gasteiger partial charge in [-0.15, -0.1) is 20.4 Å². The van der Waals surface area contributed by atoms with Crippen molar-refractivity contribution in [3.63, 3.8) is 0 Å². The second-order valence-corrected chi connectivity index (χ2v) is 33.2. The fourth-order valence-electron chi connectivity index (χ4n) is 20.8. The van der Waals surface area contributed by atoms with Crippen molar-refractivity contribution in [3.8, 4) is 45.0 Å². The summed E-state index contributed by atoms with van der Waals surface area (Å²) in [6.45, 7) is 4.88. The van der Waals surface area contributed by atoms with E-state index in [0.717, 1.165) is 83.0 Å². The van der Waals surface area contributed by atoms with Gasteiger partial charge < -0.3 is 39.4 Å². The van der Waals surface area contributed by atoms with Crippen LogP contribution in [0.25, 0.3) is 45.0 Å². The SMILES string of the molecule is Cc1cn([C@H]2C[C@@H](n3cc(-c4ccc(C56CC7(c8ccc(-c9cn([C@@H]%10C[C@H](n%11cc(C)c(=O)[nH]c%11=O)O[C@@H]%10CO)nn9)cc8)CC(c8ccc(-c9cnnn9[C@@H]9C[C@H](n%10cc(C)c(=O)[nH]c%10=O)O[C@@H]9CO)cc8)(C5)CC(c5ccc(-c8cnnn8[C@@H]8C[C@H](n9cc(C)c(=O)[nH]c9=O)O[C@@H]8CO)cc5)(C6)C7)cc4)nn3)[C@@H](CO)O2)c(=O)[nH]c1=O. The van der Waals surface area contributed by atoms with E-state index in [1.54, 1.807) is 58.8 Å². The summed E-state index contributed by atoms with van der Waals surface area (Å²) >= 11 is 0. The maximum absolute atomic E-state index is 13.2. The molecule has 0 unspecified atom stereocenters. The van der Waals surface area contributed by atoms with Crippen molar-refractivity contribution in [2.45, 2.75) is 187 Å². The Bertz CT molecular complexity index is 6010. The van der Waals surface area contributed by atoms with E-state index in [2.05, 4.69) is 158 Å². The molecule has 12 heterocycles. The lowest BCUT2D eigenvalue weighted by Crippen LogP contribution is -2.67. The van der Waals surface area contributed by atoms with Gasteiger partial charge in [-0.25, -0.2) is 37.9 Å². The fourth-order valence-corrected chi connectivity index (χ4v) is 20.8. The summed E-state index contributed by atoms with van der Waals surface area (Å²) < 4.78 is 37.3. The van der Waals surface area contributed by atoms with Gasteiger partial charge in [-0.3, -0.25) is 57.4 Å². The van der Waals surface area contributed by atoms with Crippen LogP contribution in [0.1, 0.15) is 158 Å². The molecule has 36 nitrogen and oxygen atoms in total. The highest BCUT2D eigenvalue weighted by atomic mass is 16.5. The molecule has 4 bridgehead atoms. The molecule has 8 aromatic heterocycles. The maximum Gasteiger partial charge on any atom is 0.330 e. The van der Waals surface area contributed by atoms with E-state index in [4.69, 9.17) is 18.9 Å². The highest BCUT2D eigenvalue weighted by Gasteiger charge is 2.69. The van der Waals surface area contributed by atoms with Crippen LogP contribution in [0.4, 0.5) is 0 Å². The van der Waals surface area contributed by atoms with Crippen LogP contribution in [0.15, 0.2) is 185 Å². The summed E-state index contributed by atoms with van der Waals surface area (Å²) in [6, 6.07) is 32.2. The van der Waals surface area contributed by atoms with Gasteiger partial charge in [0.15, 0.2) is 0 Å². The third-order valence-electron chi connectivity index (χ3n) is 26.1. The zero-order chi connectivity index (χ0) is 81.6. The topological polar surface area (TPSA) is 460 Å². The molecule has 4 aliphatic heterocycles. The Hall–Kier alpha value is -12.2. The number of rotatable bonds is 20. The van der Waals surface area contributed by atoms with E-state index in [0.29, 0.717) is 45.0 Å². The van der Waals surface area contributed by atoms with E-state index in [-0.39, 0.29) is 52.1 Å². The zero-order valence-corrected chi connectivity index (χ0v) is 64.5. The number of benzene rings is 4. The molecule has 4 saturated heterocycles. The van der Waals surface area contributed by atoms with Crippen molar-refractivity contribution in [1.82, 2.24) is 98.2 Å². The van der Waals surface area contributed by atoms with Crippen LogP contribution < -0.4 is 45.0 Å². The molecule has 8 N–H and O–H groups in total. The first-order valence-electron chi connectivity index (χ1n) is 39.4. The first-order valence-corrected chi connectivity index (χ1v) is 39.4. The normalized spacial score (nSPS) is 28.4. The zero-order valence-electron chi connectivity index (χ0n) is 64.5. The smallest absolute Gasteiger partial charge is 0.330 e. The Morgan fingerprint density at radius 2 is 0.602 bits per heavy atom. The predicted molar refractivity (Wildman–Crippen MR) is 419 cm³/mol. The minimum absolute atomic E-state index is 0.227. The minimum atomic E-state index is -0.831. The molecule has 4 saturated carbocycles. The lowest BCUT2D eigenvalue weighted by molar-refractivity contribution is -0.0691. The Morgan fingerprint density at radius 1 is 0.347 bits per heavy atom. The molecule has 36 heteroatoms. The maximum atomic E-state index is 13.2. The lowest BCUT2D eigenvalue weighted by atomic mass is 9.32. The van der Waals surface area contributed by atoms with Gasteiger partial charge in [0.05, 0.1) is 86.8 Å². The number of hydrogen-bond donors (Lipinski definition) is 8. The van der Waals surface area contributed by atoms with Crippen LogP contribution in [0, 0.1) is 27.7 Å². The molecule has 0 spiro atoms.